The van der Waals surface area contributed by atoms with Crippen molar-refractivity contribution < 1.29 is 4.79 Å². The van der Waals surface area contributed by atoms with Gasteiger partial charge in [-0.2, -0.15) is 0 Å². The number of carbonyl (C=O) groups is 1. The Hall–Kier alpha value is -0.900. The number of aryl methyl sites for hydroxylation is 1. The number of anilines is 1. The molecule has 0 unspecified atom stereocenters. The highest BCUT2D eigenvalue weighted by Gasteiger charge is 2.30. The summed E-state index contributed by atoms with van der Waals surface area (Å²) in [7, 11) is 0. The average molecular weight is 264 g/mol. The number of carbonyl (C=O) groups excluding carboxylic acids is 1. The minimum atomic E-state index is 0.823. The molecule has 1 aromatic heterocycles. The number of hydrogen-bond donors (Lipinski definition) is 0. The Labute approximate surface area is 112 Å². The average Bonchev–Trinajstić information content (AvgIpc) is 3.29. The normalized spacial score (nSPS) is 18.9. The molecule has 2 aliphatic rings. The van der Waals surface area contributed by atoms with Gasteiger partial charge in [0.25, 0.3) is 0 Å². The molecule has 98 valence electrons. The molecule has 3 rings (SSSR count). The van der Waals surface area contributed by atoms with Crippen LogP contribution in [0.3, 0.4) is 0 Å². The van der Waals surface area contributed by atoms with Gasteiger partial charge in [-0.25, -0.2) is 4.98 Å². The monoisotopic (exact) mass is 264 g/mol. The number of thiazole rings is 1. The van der Waals surface area contributed by atoms with Crippen molar-refractivity contribution in [2.45, 2.75) is 39.0 Å². The van der Waals surface area contributed by atoms with Crippen molar-refractivity contribution >= 4 is 22.8 Å². The third-order valence-electron chi connectivity index (χ3n) is 3.78. The van der Waals surface area contributed by atoms with Crippen LogP contribution in [-0.2, 0) is 6.42 Å². The molecule has 2 fully saturated rings. The maximum absolute atomic E-state index is 11.0. The summed E-state index contributed by atoms with van der Waals surface area (Å²) in [5.74, 6) is 1.75. The van der Waals surface area contributed by atoms with Gasteiger partial charge in [0.05, 0.1) is 10.6 Å². The molecule has 0 saturated heterocycles. The molecule has 0 aliphatic heterocycles. The number of aldehydes is 1. The molecule has 18 heavy (non-hydrogen) atoms. The van der Waals surface area contributed by atoms with Crippen molar-refractivity contribution in [3.8, 4) is 0 Å². The van der Waals surface area contributed by atoms with Gasteiger partial charge in [-0.1, -0.05) is 18.3 Å². The SMILES string of the molecule is CCc1nc(N(CC2CC2)CC2CC2)sc1C=O. The van der Waals surface area contributed by atoms with Crippen molar-refractivity contribution in [1.29, 1.82) is 0 Å². The highest BCUT2D eigenvalue weighted by molar-refractivity contribution is 7.17. The van der Waals surface area contributed by atoms with Crippen molar-refractivity contribution in [1.82, 2.24) is 4.98 Å². The molecule has 1 aromatic rings. The predicted octanol–water partition coefficient (Wildman–Crippen LogP) is 3.14. The van der Waals surface area contributed by atoms with Gasteiger partial charge in [-0.3, -0.25) is 4.79 Å². The fraction of sp³-hybridized carbons (Fsp3) is 0.714. The summed E-state index contributed by atoms with van der Waals surface area (Å²) in [5.41, 5.74) is 0.974. The van der Waals surface area contributed by atoms with E-state index in [1.807, 2.05) is 0 Å². The number of rotatable bonds is 7. The van der Waals surface area contributed by atoms with Crippen LogP contribution in [0.2, 0.25) is 0 Å². The second kappa shape index (κ2) is 5.00. The molecular formula is C14H20N2OS. The highest BCUT2D eigenvalue weighted by Crippen LogP contribution is 2.37. The van der Waals surface area contributed by atoms with Crippen molar-refractivity contribution in [3.63, 3.8) is 0 Å². The molecule has 0 aromatic carbocycles. The molecule has 1 heterocycles. The Balaban J connectivity index is 1.77. The van der Waals surface area contributed by atoms with E-state index in [1.54, 1.807) is 11.3 Å². The van der Waals surface area contributed by atoms with Gasteiger partial charge >= 0.3 is 0 Å². The van der Waals surface area contributed by atoms with E-state index >= 15 is 0 Å². The summed E-state index contributed by atoms with van der Waals surface area (Å²) in [5, 5.41) is 1.08. The van der Waals surface area contributed by atoms with Crippen molar-refractivity contribution in [3.05, 3.63) is 10.6 Å². The number of nitrogens with zero attached hydrogens (tertiary/aromatic N) is 2. The van der Waals surface area contributed by atoms with Gasteiger partial charge in [-0.15, -0.1) is 0 Å². The van der Waals surface area contributed by atoms with Crippen LogP contribution in [0, 0.1) is 11.8 Å². The van der Waals surface area contributed by atoms with Gasteiger partial charge in [0.15, 0.2) is 11.4 Å². The van der Waals surface area contributed by atoms with E-state index in [0.717, 1.165) is 53.3 Å². The van der Waals surface area contributed by atoms with Gasteiger partial charge in [-0.05, 0) is 43.9 Å². The van der Waals surface area contributed by atoms with Crippen LogP contribution in [0.25, 0.3) is 0 Å². The first-order chi connectivity index (χ1) is 8.80. The van der Waals surface area contributed by atoms with Crippen LogP contribution in [0.15, 0.2) is 0 Å². The van der Waals surface area contributed by atoms with Gasteiger partial charge in [0, 0.05) is 13.1 Å². The topological polar surface area (TPSA) is 33.2 Å². The van der Waals surface area contributed by atoms with Gasteiger partial charge < -0.3 is 4.90 Å². The molecule has 0 spiro atoms. The largest absolute Gasteiger partial charge is 0.348 e. The van der Waals surface area contributed by atoms with E-state index in [2.05, 4.69) is 16.8 Å². The lowest BCUT2D eigenvalue weighted by Gasteiger charge is -2.21. The molecule has 2 saturated carbocycles. The Morgan fingerprint density at radius 2 is 1.89 bits per heavy atom. The molecule has 0 radical (unpaired) electrons. The summed E-state index contributed by atoms with van der Waals surface area (Å²) in [6.07, 6.45) is 7.29. The van der Waals surface area contributed by atoms with Crippen LogP contribution in [0.4, 0.5) is 5.13 Å². The number of hydrogen-bond acceptors (Lipinski definition) is 4. The van der Waals surface area contributed by atoms with E-state index in [4.69, 9.17) is 0 Å². The van der Waals surface area contributed by atoms with E-state index in [-0.39, 0.29) is 0 Å². The maximum Gasteiger partial charge on any atom is 0.186 e. The fourth-order valence-corrected chi connectivity index (χ4v) is 3.27. The summed E-state index contributed by atoms with van der Waals surface area (Å²) >= 11 is 1.58. The lowest BCUT2D eigenvalue weighted by molar-refractivity contribution is 0.112. The third kappa shape index (κ3) is 2.74. The Morgan fingerprint density at radius 3 is 2.28 bits per heavy atom. The second-order valence-corrected chi connectivity index (χ2v) is 6.58. The van der Waals surface area contributed by atoms with E-state index < -0.39 is 0 Å². The summed E-state index contributed by atoms with van der Waals surface area (Å²) in [6.45, 7) is 4.36. The van der Waals surface area contributed by atoms with Gasteiger partial charge in [0.1, 0.15) is 0 Å². The van der Waals surface area contributed by atoms with Crippen molar-refractivity contribution in [2.75, 3.05) is 18.0 Å². The zero-order chi connectivity index (χ0) is 12.5. The van der Waals surface area contributed by atoms with Crippen LogP contribution >= 0.6 is 11.3 Å². The maximum atomic E-state index is 11.0. The standard InChI is InChI=1S/C14H20N2OS/c1-2-12-13(9-17)18-14(15-12)16(7-10-3-4-10)8-11-5-6-11/h9-11H,2-8H2,1H3. The Bertz CT molecular complexity index is 421. The zero-order valence-electron chi connectivity index (χ0n) is 10.9. The van der Waals surface area contributed by atoms with Gasteiger partial charge in [0.2, 0.25) is 0 Å². The molecule has 3 nitrogen and oxygen atoms in total. The first-order valence-corrected chi connectivity index (χ1v) is 7.81. The molecule has 2 aliphatic carbocycles. The third-order valence-corrected chi connectivity index (χ3v) is 4.86. The lowest BCUT2D eigenvalue weighted by Crippen LogP contribution is -2.27. The summed E-state index contributed by atoms with van der Waals surface area (Å²) < 4.78 is 0. The second-order valence-electron chi connectivity index (χ2n) is 5.57. The Kier molecular flexibility index (Phi) is 3.37. The lowest BCUT2D eigenvalue weighted by atomic mass is 10.3. The minimum Gasteiger partial charge on any atom is -0.348 e. The first-order valence-electron chi connectivity index (χ1n) is 7.00. The molecule has 0 amide bonds. The van der Waals surface area contributed by atoms with E-state index in [9.17, 15) is 4.79 Å². The first kappa shape index (κ1) is 12.2. The van der Waals surface area contributed by atoms with Crippen molar-refractivity contribution in [2.24, 2.45) is 11.8 Å². The molecule has 0 bridgehead atoms. The molecular weight excluding hydrogens is 244 g/mol. The minimum absolute atomic E-state index is 0.823. The molecule has 0 N–H and O–H groups in total. The zero-order valence-corrected chi connectivity index (χ0v) is 11.7. The highest BCUT2D eigenvalue weighted by atomic mass is 32.1. The van der Waals surface area contributed by atoms with Crippen LogP contribution < -0.4 is 4.90 Å². The number of aromatic nitrogens is 1. The van der Waals surface area contributed by atoms with Crippen LogP contribution in [0.1, 0.15) is 48.0 Å². The fourth-order valence-electron chi connectivity index (χ4n) is 2.29. The van der Waals surface area contributed by atoms with Crippen LogP contribution in [-0.4, -0.2) is 24.4 Å². The Morgan fingerprint density at radius 1 is 1.28 bits per heavy atom. The van der Waals surface area contributed by atoms with E-state index in [0.29, 0.717) is 0 Å². The quantitative estimate of drug-likeness (QED) is 0.709. The summed E-state index contributed by atoms with van der Waals surface area (Å²) in [4.78, 5) is 19.0. The predicted molar refractivity (Wildman–Crippen MR) is 74.5 cm³/mol. The summed E-state index contributed by atoms with van der Waals surface area (Å²) in [6, 6.07) is 0. The molecule has 4 heteroatoms. The van der Waals surface area contributed by atoms with Crippen LogP contribution in [0.5, 0.6) is 0 Å². The smallest absolute Gasteiger partial charge is 0.186 e. The molecule has 0 atom stereocenters. The van der Waals surface area contributed by atoms with E-state index in [1.165, 1.54) is 25.7 Å².